The predicted molar refractivity (Wildman–Crippen MR) is 111 cm³/mol. The Labute approximate surface area is 162 Å². The van der Waals surface area contributed by atoms with Crippen LogP contribution in [-0.2, 0) is 6.42 Å². The van der Waals surface area contributed by atoms with Crippen molar-refractivity contribution in [1.29, 1.82) is 0 Å². The van der Waals surface area contributed by atoms with E-state index in [-0.39, 0.29) is 5.56 Å². The van der Waals surface area contributed by atoms with E-state index in [1.54, 1.807) is 11.3 Å². The normalized spacial score (nSPS) is 12.4. The lowest BCUT2D eigenvalue weighted by Gasteiger charge is -2.08. The molecule has 6 heteroatoms. The highest BCUT2D eigenvalue weighted by Gasteiger charge is 2.16. The Kier molecular flexibility index (Phi) is 6.38. The molecular formula is C20H24N2O2S2. The Morgan fingerprint density at radius 2 is 2.08 bits per heavy atom. The number of thiophene rings is 1. The van der Waals surface area contributed by atoms with Crippen molar-refractivity contribution in [2.45, 2.75) is 38.8 Å². The molecule has 0 unspecified atom stereocenters. The number of H-pyrrole nitrogens is 1. The van der Waals surface area contributed by atoms with Crippen LogP contribution in [0.2, 0.25) is 0 Å². The summed E-state index contributed by atoms with van der Waals surface area (Å²) in [5.74, 6) is 2.15. The van der Waals surface area contributed by atoms with E-state index in [9.17, 15) is 4.79 Å². The quantitative estimate of drug-likeness (QED) is 0.333. The maximum Gasteiger partial charge on any atom is 0.260 e. The van der Waals surface area contributed by atoms with Gasteiger partial charge in [0.15, 0.2) is 5.16 Å². The lowest BCUT2D eigenvalue weighted by atomic mass is 9.98. The number of ether oxygens (including phenoxy) is 1. The summed E-state index contributed by atoms with van der Waals surface area (Å²) in [6.07, 6.45) is 2.04. The van der Waals surface area contributed by atoms with Crippen molar-refractivity contribution in [3.05, 3.63) is 51.1 Å². The van der Waals surface area contributed by atoms with Crippen molar-refractivity contribution in [2.24, 2.45) is 5.92 Å². The van der Waals surface area contributed by atoms with Gasteiger partial charge in [-0.2, -0.15) is 0 Å². The van der Waals surface area contributed by atoms with Gasteiger partial charge in [-0.1, -0.05) is 50.2 Å². The van der Waals surface area contributed by atoms with Gasteiger partial charge in [0.05, 0.1) is 12.0 Å². The zero-order valence-corrected chi connectivity index (χ0v) is 17.0. The van der Waals surface area contributed by atoms with Gasteiger partial charge in [-0.15, -0.1) is 11.3 Å². The number of aryl methyl sites for hydroxylation is 1. The maximum absolute atomic E-state index is 12.6. The molecule has 0 radical (unpaired) electrons. The Morgan fingerprint density at radius 1 is 1.31 bits per heavy atom. The van der Waals surface area contributed by atoms with Gasteiger partial charge < -0.3 is 9.72 Å². The molecule has 1 N–H and O–H groups in total. The molecule has 0 aliphatic carbocycles. The second-order valence-electron chi connectivity index (χ2n) is 6.42. The molecule has 3 aromatic rings. The van der Waals surface area contributed by atoms with Crippen LogP contribution in [0.3, 0.4) is 0 Å². The Balaban J connectivity index is 1.70. The van der Waals surface area contributed by atoms with Crippen LogP contribution in [0.4, 0.5) is 0 Å². The lowest BCUT2D eigenvalue weighted by Crippen LogP contribution is -2.11. The number of thioether (sulfide) groups is 1. The number of fused-ring (bicyclic) bond motifs is 1. The first-order valence-electron chi connectivity index (χ1n) is 8.91. The number of benzene rings is 1. The Morgan fingerprint density at radius 3 is 2.81 bits per heavy atom. The number of hydrogen-bond donors (Lipinski definition) is 1. The lowest BCUT2D eigenvalue weighted by molar-refractivity contribution is 0.344. The van der Waals surface area contributed by atoms with E-state index in [1.165, 1.54) is 16.6 Å². The van der Waals surface area contributed by atoms with Crippen LogP contribution in [-0.4, -0.2) is 22.3 Å². The van der Waals surface area contributed by atoms with E-state index in [1.807, 2.05) is 30.3 Å². The number of aromatic amines is 1. The van der Waals surface area contributed by atoms with Gasteiger partial charge in [0.1, 0.15) is 10.6 Å². The highest BCUT2D eigenvalue weighted by atomic mass is 32.2. The van der Waals surface area contributed by atoms with Crippen LogP contribution in [0.5, 0.6) is 5.75 Å². The number of rotatable bonds is 8. The van der Waals surface area contributed by atoms with Crippen molar-refractivity contribution >= 4 is 33.3 Å². The molecule has 0 saturated heterocycles. The third-order valence-corrected chi connectivity index (χ3v) is 6.30. The molecule has 0 bridgehead atoms. The van der Waals surface area contributed by atoms with Gasteiger partial charge >= 0.3 is 0 Å². The van der Waals surface area contributed by atoms with E-state index >= 15 is 0 Å². The number of aromatic nitrogens is 2. The first-order valence-corrected chi connectivity index (χ1v) is 10.7. The van der Waals surface area contributed by atoms with E-state index in [0.717, 1.165) is 40.1 Å². The maximum atomic E-state index is 12.6. The summed E-state index contributed by atoms with van der Waals surface area (Å²) in [7, 11) is 0. The molecule has 0 fully saturated rings. The van der Waals surface area contributed by atoms with Gasteiger partial charge in [0.2, 0.25) is 0 Å². The van der Waals surface area contributed by atoms with Crippen molar-refractivity contribution in [3.63, 3.8) is 0 Å². The van der Waals surface area contributed by atoms with Crippen LogP contribution in [0.25, 0.3) is 10.2 Å². The van der Waals surface area contributed by atoms with Gasteiger partial charge in [-0.25, -0.2) is 4.98 Å². The average molecular weight is 389 g/mol. The van der Waals surface area contributed by atoms with Crippen molar-refractivity contribution in [1.82, 2.24) is 9.97 Å². The molecule has 2 aromatic heterocycles. The predicted octanol–water partition coefficient (Wildman–Crippen LogP) is 5.05. The zero-order valence-electron chi connectivity index (χ0n) is 15.4. The van der Waals surface area contributed by atoms with E-state index in [0.29, 0.717) is 17.7 Å². The number of nitrogens with zero attached hydrogens (tertiary/aromatic N) is 1. The first kappa shape index (κ1) is 19.0. The summed E-state index contributed by atoms with van der Waals surface area (Å²) < 4.78 is 5.69. The number of hydrogen-bond acceptors (Lipinski definition) is 5. The summed E-state index contributed by atoms with van der Waals surface area (Å²) in [6, 6.07) is 9.73. The molecule has 3 rings (SSSR count). The van der Waals surface area contributed by atoms with Gasteiger partial charge in [0.25, 0.3) is 5.56 Å². The van der Waals surface area contributed by atoms with Crippen LogP contribution in [0.15, 0.2) is 40.3 Å². The van der Waals surface area contributed by atoms with Gasteiger partial charge in [-0.05, 0) is 37.0 Å². The molecule has 26 heavy (non-hydrogen) atoms. The summed E-state index contributed by atoms with van der Waals surface area (Å²) in [5, 5.41) is 1.44. The third kappa shape index (κ3) is 4.48. The minimum atomic E-state index is -0.0240. The second-order valence-corrected chi connectivity index (χ2v) is 8.70. The van der Waals surface area contributed by atoms with Gasteiger partial charge in [-0.3, -0.25) is 4.79 Å². The molecular weight excluding hydrogens is 364 g/mol. The number of nitrogens with one attached hydrogen (secondary N) is 1. The molecule has 0 aliphatic rings. The summed E-state index contributed by atoms with van der Waals surface area (Å²) in [4.78, 5) is 22.3. The third-order valence-electron chi connectivity index (χ3n) is 4.42. The Hall–Kier alpha value is -1.79. The molecule has 0 amide bonds. The van der Waals surface area contributed by atoms with Crippen LogP contribution >= 0.6 is 23.1 Å². The SMILES string of the molecule is CC[C@@H](C)Cc1c(C)sc2nc(SCCOc3ccccc3)[nH]c(=O)c12. The number of para-hydroxylation sites is 1. The minimum Gasteiger partial charge on any atom is -0.493 e. The molecule has 0 spiro atoms. The Bertz CT molecular complexity index is 919. The monoisotopic (exact) mass is 388 g/mol. The smallest absolute Gasteiger partial charge is 0.260 e. The molecule has 4 nitrogen and oxygen atoms in total. The molecule has 0 aliphatic heterocycles. The van der Waals surface area contributed by atoms with E-state index in [4.69, 9.17) is 4.74 Å². The zero-order chi connectivity index (χ0) is 18.5. The van der Waals surface area contributed by atoms with Crippen molar-refractivity contribution in [3.8, 4) is 5.75 Å². The highest BCUT2D eigenvalue weighted by molar-refractivity contribution is 7.99. The fourth-order valence-corrected chi connectivity index (χ4v) is 4.57. The first-order chi connectivity index (χ1) is 12.6. The van der Waals surface area contributed by atoms with Gasteiger partial charge in [0, 0.05) is 10.6 Å². The van der Waals surface area contributed by atoms with E-state index < -0.39 is 0 Å². The summed E-state index contributed by atoms with van der Waals surface area (Å²) in [6.45, 7) is 7.06. The summed E-state index contributed by atoms with van der Waals surface area (Å²) in [5.41, 5.74) is 1.14. The van der Waals surface area contributed by atoms with Crippen LogP contribution < -0.4 is 10.3 Å². The standard InChI is InChI=1S/C20H24N2O2S2/c1-4-13(2)12-16-14(3)26-19-17(16)18(23)21-20(22-19)25-11-10-24-15-8-6-5-7-9-15/h5-9,13H,4,10-12H2,1-3H3,(H,21,22,23)/t13-/m1/s1. The average Bonchev–Trinajstić information content (AvgIpc) is 2.95. The van der Waals surface area contributed by atoms with E-state index in [2.05, 4.69) is 30.7 Å². The topological polar surface area (TPSA) is 55.0 Å². The summed E-state index contributed by atoms with van der Waals surface area (Å²) >= 11 is 3.14. The largest absolute Gasteiger partial charge is 0.493 e. The van der Waals surface area contributed by atoms with Crippen LogP contribution in [0, 0.1) is 12.8 Å². The van der Waals surface area contributed by atoms with Crippen LogP contribution in [0.1, 0.15) is 30.7 Å². The molecule has 2 heterocycles. The van der Waals surface area contributed by atoms with Crippen molar-refractivity contribution < 1.29 is 4.74 Å². The molecule has 1 aromatic carbocycles. The minimum absolute atomic E-state index is 0.0240. The molecule has 0 saturated carbocycles. The van der Waals surface area contributed by atoms with Crippen molar-refractivity contribution in [2.75, 3.05) is 12.4 Å². The fourth-order valence-electron chi connectivity index (χ4n) is 2.78. The second kappa shape index (κ2) is 8.73. The highest BCUT2D eigenvalue weighted by Crippen LogP contribution is 2.30. The molecule has 138 valence electrons. The fraction of sp³-hybridized carbons (Fsp3) is 0.400. The molecule has 1 atom stereocenters.